The molecule has 0 radical (unpaired) electrons. The molecule has 2 aromatic rings. The van der Waals surface area contributed by atoms with Crippen LogP contribution in [0.3, 0.4) is 0 Å². The van der Waals surface area contributed by atoms with Gasteiger partial charge in [-0.15, -0.1) is 0 Å². The average molecular weight is 291 g/mol. The molecule has 1 aromatic carbocycles. The molecular weight excluding hydrogens is 269 g/mol. The molecule has 1 N–H and O–H groups in total. The first kappa shape index (κ1) is 15.2. The number of halogens is 1. The van der Waals surface area contributed by atoms with Gasteiger partial charge in [0.2, 0.25) is 0 Å². The molecule has 0 aliphatic rings. The summed E-state index contributed by atoms with van der Waals surface area (Å²) in [6.07, 6.45) is 3.21. The van der Waals surface area contributed by atoms with Crippen LogP contribution in [0.1, 0.15) is 42.5 Å². The van der Waals surface area contributed by atoms with Crippen LogP contribution in [0.2, 0.25) is 0 Å². The Bertz CT molecular complexity index is 522. The van der Waals surface area contributed by atoms with Gasteiger partial charge in [0.15, 0.2) is 0 Å². The van der Waals surface area contributed by atoms with Gasteiger partial charge in [0.25, 0.3) is 0 Å². The van der Waals surface area contributed by atoms with Crippen molar-refractivity contribution in [2.45, 2.75) is 39.2 Å². The lowest BCUT2D eigenvalue weighted by Gasteiger charge is -2.19. The maximum atomic E-state index is 13.4. The third-order valence-electron chi connectivity index (χ3n) is 3.53. The Morgan fingerprint density at radius 1 is 1.30 bits per heavy atom. The molecule has 1 aromatic heterocycles. The highest BCUT2D eigenvalue weighted by atomic mass is 32.1. The molecule has 0 spiro atoms. The van der Waals surface area contributed by atoms with Gasteiger partial charge >= 0.3 is 0 Å². The normalized spacial score (nSPS) is 12.6. The number of hydrogen-bond acceptors (Lipinski definition) is 2. The second-order valence-electron chi connectivity index (χ2n) is 5.19. The van der Waals surface area contributed by atoms with E-state index in [-0.39, 0.29) is 5.82 Å². The zero-order chi connectivity index (χ0) is 14.4. The van der Waals surface area contributed by atoms with Gasteiger partial charge in [-0.1, -0.05) is 19.1 Å². The highest BCUT2D eigenvalue weighted by Gasteiger charge is 2.12. The quantitative estimate of drug-likeness (QED) is 0.767. The first-order valence-electron chi connectivity index (χ1n) is 7.21. The van der Waals surface area contributed by atoms with Crippen LogP contribution in [0.4, 0.5) is 4.39 Å². The molecular formula is C17H22FNS. The molecule has 3 heteroatoms. The standard InChI is InChI=1S/C17H22FNS/c1-3-9-19-17(7-4-14-8-10-20-12-14)15-5-6-16(18)13(2)11-15/h5-6,8,10-12,17,19H,3-4,7,9H2,1-2H3. The summed E-state index contributed by atoms with van der Waals surface area (Å²) in [5.41, 5.74) is 3.30. The Balaban J connectivity index is 2.07. The largest absolute Gasteiger partial charge is 0.310 e. The first-order chi connectivity index (χ1) is 9.70. The molecule has 1 heterocycles. The summed E-state index contributed by atoms with van der Waals surface area (Å²) in [6.45, 7) is 4.98. The van der Waals surface area contributed by atoms with E-state index in [4.69, 9.17) is 0 Å². The van der Waals surface area contributed by atoms with E-state index >= 15 is 0 Å². The van der Waals surface area contributed by atoms with Crippen LogP contribution in [-0.4, -0.2) is 6.54 Å². The van der Waals surface area contributed by atoms with E-state index in [1.54, 1.807) is 17.4 Å². The van der Waals surface area contributed by atoms with Crippen LogP contribution in [0.25, 0.3) is 0 Å². The Labute approximate surface area is 124 Å². The van der Waals surface area contributed by atoms with E-state index < -0.39 is 0 Å². The molecule has 0 saturated carbocycles. The Kier molecular flexibility index (Phi) is 5.74. The number of aryl methyl sites for hydroxylation is 2. The summed E-state index contributed by atoms with van der Waals surface area (Å²) in [6, 6.07) is 7.93. The van der Waals surface area contributed by atoms with Crippen LogP contribution in [-0.2, 0) is 6.42 Å². The molecule has 108 valence electrons. The van der Waals surface area contributed by atoms with Crippen molar-refractivity contribution >= 4 is 11.3 Å². The fraction of sp³-hybridized carbons (Fsp3) is 0.412. The fourth-order valence-corrected chi connectivity index (χ4v) is 3.04. The molecule has 20 heavy (non-hydrogen) atoms. The summed E-state index contributed by atoms with van der Waals surface area (Å²) in [7, 11) is 0. The lowest BCUT2D eigenvalue weighted by Crippen LogP contribution is -2.22. The third-order valence-corrected chi connectivity index (χ3v) is 4.26. The zero-order valence-corrected chi connectivity index (χ0v) is 13.0. The monoisotopic (exact) mass is 291 g/mol. The summed E-state index contributed by atoms with van der Waals surface area (Å²) in [5.74, 6) is -0.124. The minimum absolute atomic E-state index is 0.124. The smallest absolute Gasteiger partial charge is 0.126 e. The Morgan fingerprint density at radius 3 is 2.80 bits per heavy atom. The van der Waals surface area contributed by atoms with E-state index in [1.165, 1.54) is 11.1 Å². The van der Waals surface area contributed by atoms with Gasteiger partial charge in [0.1, 0.15) is 5.82 Å². The van der Waals surface area contributed by atoms with Gasteiger partial charge in [-0.3, -0.25) is 0 Å². The van der Waals surface area contributed by atoms with Crippen molar-refractivity contribution in [3.8, 4) is 0 Å². The van der Waals surface area contributed by atoms with Gasteiger partial charge in [-0.25, -0.2) is 4.39 Å². The van der Waals surface area contributed by atoms with E-state index in [9.17, 15) is 4.39 Å². The van der Waals surface area contributed by atoms with Crippen LogP contribution >= 0.6 is 11.3 Å². The van der Waals surface area contributed by atoms with Gasteiger partial charge in [-0.05, 0) is 72.3 Å². The number of rotatable bonds is 7. The van der Waals surface area contributed by atoms with Crippen molar-refractivity contribution in [1.82, 2.24) is 5.32 Å². The predicted octanol–water partition coefficient (Wildman–Crippen LogP) is 4.87. The highest BCUT2D eigenvalue weighted by molar-refractivity contribution is 7.07. The van der Waals surface area contributed by atoms with Crippen molar-refractivity contribution in [2.75, 3.05) is 6.54 Å². The summed E-state index contributed by atoms with van der Waals surface area (Å²) in [5, 5.41) is 7.89. The summed E-state index contributed by atoms with van der Waals surface area (Å²) in [4.78, 5) is 0. The van der Waals surface area contributed by atoms with Crippen LogP contribution in [0.15, 0.2) is 35.0 Å². The van der Waals surface area contributed by atoms with Crippen molar-refractivity contribution in [2.24, 2.45) is 0 Å². The minimum atomic E-state index is -0.124. The predicted molar refractivity (Wildman–Crippen MR) is 84.8 cm³/mol. The van der Waals surface area contributed by atoms with E-state index in [0.717, 1.165) is 31.4 Å². The van der Waals surface area contributed by atoms with Crippen LogP contribution in [0.5, 0.6) is 0 Å². The highest BCUT2D eigenvalue weighted by Crippen LogP contribution is 2.22. The molecule has 0 saturated heterocycles. The average Bonchev–Trinajstić information content (AvgIpc) is 2.95. The minimum Gasteiger partial charge on any atom is -0.310 e. The molecule has 0 aliphatic carbocycles. The van der Waals surface area contributed by atoms with Crippen LogP contribution in [0, 0.1) is 12.7 Å². The van der Waals surface area contributed by atoms with Gasteiger partial charge < -0.3 is 5.32 Å². The molecule has 0 amide bonds. The lowest BCUT2D eigenvalue weighted by molar-refractivity contribution is 0.498. The number of hydrogen-bond donors (Lipinski definition) is 1. The van der Waals surface area contributed by atoms with Crippen molar-refractivity contribution in [1.29, 1.82) is 0 Å². The molecule has 1 atom stereocenters. The van der Waals surface area contributed by atoms with Gasteiger partial charge in [0.05, 0.1) is 0 Å². The SMILES string of the molecule is CCCNC(CCc1ccsc1)c1ccc(F)c(C)c1. The van der Waals surface area contributed by atoms with Crippen molar-refractivity contribution in [3.63, 3.8) is 0 Å². The number of thiophene rings is 1. The second kappa shape index (κ2) is 7.55. The second-order valence-corrected chi connectivity index (χ2v) is 5.97. The van der Waals surface area contributed by atoms with E-state index in [1.807, 2.05) is 19.1 Å². The van der Waals surface area contributed by atoms with Crippen molar-refractivity contribution < 1.29 is 4.39 Å². The van der Waals surface area contributed by atoms with Gasteiger partial charge in [0, 0.05) is 6.04 Å². The molecule has 2 rings (SSSR count). The third kappa shape index (κ3) is 4.15. The zero-order valence-electron chi connectivity index (χ0n) is 12.2. The number of nitrogens with one attached hydrogen (secondary N) is 1. The molecule has 1 nitrogen and oxygen atoms in total. The number of benzene rings is 1. The first-order valence-corrected chi connectivity index (χ1v) is 8.15. The maximum absolute atomic E-state index is 13.4. The molecule has 0 fully saturated rings. The van der Waals surface area contributed by atoms with Gasteiger partial charge in [-0.2, -0.15) is 11.3 Å². The summed E-state index contributed by atoms with van der Waals surface area (Å²) >= 11 is 1.74. The Hall–Kier alpha value is -1.19. The topological polar surface area (TPSA) is 12.0 Å². The van der Waals surface area contributed by atoms with Crippen LogP contribution < -0.4 is 5.32 Å². The lowest BCUT2D eigenvalue weighted by atomic mass is 9.98. The van der Waals surface area contributed by atoms with Crippen molar-refractivity contribution in [3.05, 3.63) is 57.5 Å². The summed E-state index contributed by atoms with van der Waals surface area (Å²) < 4.78 is 13.4. The fourth-order valence-electron chi connectivity index (χ4n) is 2.34. The molecule has 1 unspecified atom stereocenters. The molecule has 0 aliphatic heterocycles. The Morgan fingerprint density at radius 2 is 2.15 bits per heavy atom. The maximum Gasteiger partial charge on any atom is 0.126 e. The van der Waals surface area contributed by atoms with E-state index in [2.05, 4.69) is 29.1 Å². The van der Waals surface area contributed by atoms with E-state index in [0.29, 0.717) is 6.04 Å². The molecule has 0 bridgehead atoms.